The third kappa shape index (κ3) is 6.78. The molecule has 0 amide bonds. The number of hydrazine groups is 1. The summed E-state index contributed by atoms with van der Waals surface area (Å²) in [6.07, 6.45) is 0.945. The number of hydrogen-bond donors (Lipinski definition) is 0. The van der Waals surface area contributed by atoms with Crippen molar-refractivity contribution in [1.29, 1.82) is 0 Å². The van der Waals surface area contributed by atoms with Crippen LogP contribution in [0.5, 0.6) is 5.75 Å². The molecular weight excluding hydrogens is 466 g/mol. The van der Waals surface area contributed by atoms with Crippen LogP contribution in [0.3, 0.4) is 0 Å². The van der Waals surface area contributed by atoms with Crippen molar-refractivity contribution in [3.63, 3.8) is 0 Å². The van der Waals surface area contributed by atoms with Crippen LogP contribution in [0, 0.1) is 0 Å². The lowest BCUT2D eigenvalue weighted by molar-refractivity contribution is -0.0464. The zero-order chi connectivity index (χ0) is 24.7. The van der Waals surface area contributed by atoms with Crippen molar-refractivity contribution in [2.75, 3.05) is 40.1 Å². The van der Waals surface area contributed by atoms with Gasteiger partial charge in [-0.25, -0.2) is 5.01 Å². The van der Waals surface area contributed by atoms with E-state index in [0.717, 1.165) is 16.5 Å². The van der Waals surface area contributed by atoms with Crippen LogP contribution in [0.2, 0.25) is 0 Å². The summed E-state index contributed by atoms with van der Waals surface area (Å²) in [6.45, 7) is 4.10. The normalized spacial score (nSPS) is 17.3. The fraction of sp³-hybridized carbons (Fsp3) is 0.385. The zero-order valence-electron chi connectivity index (χ0n) is 20.2. The first-order valence-electron chi connectivity index (χ1n) is 11.8. The molecule has 1 unspecified atom stereocenters. The van der Waals surface area contributed by atoms with E-state index < -0.39 is 10.1 Å². The Kier molecular flexibility index (Phi) is 8.72. The summed E-state index contributed by atoms with van der Waals surface area (Å²) in [6, 6.07) is 20.8. The van der Waals surface area contributed by atoms with Gasteiger partial charge in [0.2, 0.25) is 0 Å². The highest BCUT2D eigenvalue weighted by atomic mass is 32.2. The molecule has 0 saturated carbocycles. The van der Waals surface area contributed by atoms with Crippen molar-refractivity contribution in [2.45, 2.75) is 30.7 Å². The summed E-state index contributed by atoms with van der Waals surface area (Å²) >= 11 is 0. The number of hydrogen-bond acceptors (Lipinski definition) is 7. The third-order valence-electron chi connectivity index (χ3n) is 5.82. The smallest absolute Gasteiger partial charge is 0.297 e. The van der Waals surface area contributed by atoms with Crippen molar-refractivity contribution < 1.29 is 22.1 Å². The topological polar surface area (TPSA) is 82.4 Å². The zero-order valence-corrected chi connectivity index (χ0v) is 21.0. The Morgan fingerprint density at radius 2 is 1.77 bits per heavy atom. The van der Waals surface area contributed by atoms with Gasteiger partial charge in [0.05, 0.1) is 18.1 Å². The highest BCUT2D eigenvalue weighted by Crippen LogP contribution is 2.26. The van der Waals surface area contributed by atoms with Gasteiger partial charge in [0.15, 0.2) is 0 Å². The molecule has 188 valence electrons. The number of rotatable bonds is 12. The van der Waals surface area contributed by atoms with Gasteiger partial charge in [-0.2, -0.15) is 8.42 Å². The van der Waals surface area contributed by atoms with Crippen LogP contribution in [0.25, 0.3) is 16.2 Å². The van der Waals surface area contributed by atoms with E-state index in [1.807, 2.05) is 73.6 Å². The van der Waals surface area contributed by atoms with Gasteiger partial charge in [0.25, 0.3) is 10.1 Å². The highest BCUT2D eigenvalue weighted by Gasteiger charge is 2.23. The van der Waals surface area contributed by atoms with Gasteiger partial charge in [0.1, 0.15) is 12.5 Å². The Hall–Kier alpha value is -2.53. The monoisotopic (exact) mass is 498 g/mol. The number of ether oxygens (including phenoxy) is 2. The molecule has 0 spiro atoms. The summed E-state index contributed by atoms with van der Waals surface area (Å²) in [5.74, 6) is 0.751. The highest BCUT2D eigenvalue weighted by molar-refractivity contribution is 7.86. The predicted octanol–water partition coefficient (Wildman–Crippen LogP) is 4.37. The van der Waals surface area contributed by atoms with Crippen molar-refractivity contribution in [3.8, 4) is 5.75 Å². The van der Waals surface area contributed by atoms with Gasteiger partial charge in [-0.3, -0.25) is 4.18 Å². The molecule has 0 N–H and O–H groups in total. The summed E-state index contributed by atoms with van der Waals surface area (Å²) in [4.78, 5) is 0.191. The Balaban J connectivity index is 1.29. The molecule has 35 heavy (non-hydrogen) atoms. The molecule has 1 heterocycles. The molecule has 1 saturated heterocycles. The Morgan fingerprint density at radius 3 is 2.60 bits per heavy atom. The molecule has 0 aromatic heterocycles. The molecule has 3 aromatic rings. The lowest BCUT2D eigenvalue weighted by Crippen LogP contribution is -2.33. The van der Waals surface area contributed by atoms with Crippen LogP contribution in [-0.4, -0.2) is 64.7 Å². The van der Waals surface area contributed by atoms with Gasteiger partial charge in [-0.1, -0.05) is 48.5 Å². The average Bonchev–Trinajstić information content (AvgIpc) is 3.21. The van der Waals surface area contributed by atoms with Gasteiger partial charge in [0, 0.05) is 13.0 Å². The summed E-state index contributed by atoms with van der Waals surface area (Å²) in [5.41, 5.74) is 5.30. The van der Waals surface area contributed by atoms with Crippen LogP contribution in [0.4, 0.5) is 0 Å². The van der Waals surface area contributed by atoms with Gasteiger partial charge >= 0.3 is 0 Å². The summed E-state index contributed by atoms with van der Waals surface area (Å²) in [7, 11) is -2.03. The second-order valence-electron chi connectivity index (χ2n) is 8.37. The molecule has 0 bridgehead atoms. The number of fused-ring (bicyclic) bond motifs is 1. The van der Waals surface area contributed by atoms with Crippen LogP contribution < -0.4 is 4.74 Å². The van der Waals surface area contributed by atoms with E-state index in [2.05, 4.69) is 5.43 Å². The largest absolute Gasteiger partial charge is 0.575 e. The first kappa shape index (κ1) is 25.6. The summed E-state index contributed by atoms with van der Waals surface area (Å²) in [5, 5.41) is 5.99. The molecule has 8 nitrogen and oxygen atoms in total. The van der Waals surface area contributed by atoms with Crippen LogP contribution in [0.15, 0.2) is 71.6 Å². The molecule has 1 atom stereocenters. The Labute approximate surface area is 207 Å². The van der Waals surface area contributed by atoms with E-state index in [1.54, 1.807) is 17.3 Å². The van der Waals surface area contributed by atoms with Crippen molar-refractivity contribution in [2.24, 2.45) is 0 Å². The summed E-state index contributed by atoms with van der Waals surface area (Å²) < 4.78 is 42.5. The number of benzene rings is 3. The molecule has 0 aliphatic carbocycles. The standard InChI is InChI=1S/C26H32N3O5S/c1-3-32-20-29-19-24(27-28(29)2)17-23-11-6-7-12-26(23)35(30,31)34-16-8-15-33-25-14-13-21-9-4-5-10-22(21)18-25/h4-7,9-14,18,24H,3,8,15-17,19-20H2,1-2H3/q-1. The predicted molar refractivity (Wildman–Crippen MR) is 135 cm³/mol. The lowest BCUT2D eigenvalue weighted by Gasteiger charge is -2.33. The van der Waals surface area contributed by atoms with E-state index in [-0.39, 0.29) is 17.5 Å². The second kappa shape index (κ2) is 11.9. The Morgan fingerprint density at radius 1 is 1.00 bits per heavy atom. The first-order chi connectivity index (χ1) is 17.0. The van der Waals surface area contributed by atoms with Crippen molar-refractivity contribution in [1.82, 2.24) is 10.1 Å². The molecule has 4 rings (SSSR count). The molecule has 9 heteroatoms. The minimum atomic E-state index is -3.90. The van der Waals surface area contributed by atoms with Gasteiger partial charge in [-0.15, -0.1) is 6.04 Å². The quantitative estimate of drug-likeness (QED) is 0.271. The SMILES string of the molecule is CCOCN1CC(Cc2ccccc2S(=O)(=O)OCCCOc2ccc3ccccc3c2)[N-]N1C. The van der Waals surface area contributed by atoms with E-state index in [1.165, 1.54) is 0 Å². The third-order valence-corrected chi connectivity index (χ3v) is 7.23. The van der Waals surface area contributed by atoms with E-state index in [0.29, 0.717) is 44.9 Å². The maximum absolute atomic E-state index is 12.9. The minimum Gasteiger partial charge on any atom is -0.575 e. The van der Waals surface area contributed by atoms with Crippen LogP contribution in [0.1, 0.15) is 18.9 Å². The van der Waals surface area contributed by atoms with E-state index in [9.17, 15) is 8.42 Å². The van der Waals surface area contributed by atoms with E-state index in [4.69, 9.17) is 13.7 Å². The molecule has 0 radical (unpaired) electrons. The molecular formula is C26H32N3O5S-. The van der Waals surface area contributed by atoms with Crippen LogP contribution in [-0.2, 0) is 25.5 Å². The minimum absolute atomic E-state index is 0.0446. The van der Waals surface area contributed by atoms with Crippen molar-refractivity contribution in [3.05, 3.63) is 77.7 Å². The second-order valence-corrected chi connectivity index (χ2v) is 9.95. The lowest BCUT2D eigenvalue weighted by atomic mass is 10.1. The first-order valence-corrected chi connectivity index (χ1v) is 13.2. The average molecular weight is 499 g/mol. The maximum atomic E-state index is 12.9. The molecule has 1 fully saturated rings. The fourth-order valence-electron chi connectivity index (χ4n) is 4.05. The fourth-order valence-corrected chi connectivity index (χ4v) is 5.24. The van der Waals surface area contributed by atoms with Gasteiger partial charge < -0.3 is 20.0 Å². The molecule has 1 aliphatic rings. The maximum Gasteiger partial charge on any atom is 0.297 e. The Bertz CT molecular complexity index is 1220. The van der Waals surface area contributed by atoms with Crippen LogP contribution >= 0.6 is 0 Å². The van der Waals surface area contributed by atoms with E-state index >= 15 is 0 Å². The van der Waals surface area contributed by atoms with Gasteiger partial charge in [-0.05, 0) is 61.5 Å². The molecule has 1 aliphatic heterocycles. The molecule has 3 aromatic carbocycles. The number of nitrogens with zero attached hydrogens (tertiary/aromatic N) is 3. The van der Waals surface area contributed by atoms with Crippen molar-refractivity contribution >= 4 is 20.9 Å².